The lowest BCUT2D eigenvalue weighted by Crippen LogP contribution is -2.52. The molecule has 0 radical (unpaired) electrons. The SMILES string of the molecule is CCC(N)(CC)C(=O)NCc1cc(C(=O)O)ccn1. The van der Waals surface area contributed by atoms with E-state index < -0.39 is 11.5 Å². The maximum absolute atomic E-state index is 11.9. The second-order valence-corrected chi connectivity index (χ2v) is 4.39. The number of carbonyl (C=O) groups excluding carboxylic acids is 1. The molecule has 0 unspecified atom stereocenters. The molecule has 0 aliphatic heterocycles. The van der Waals surface area contributed by atoms with Crippen molar-refractivity contribution < 1.29 is 14.7 Å². The molecule has 0 aliphatic carbocycles. The molecule has 19 heavy (non-hydrogen) atoms. The molecular formula is C13H19N3O3. The second kappa shape index (κ2) is 6.29. The van der Waals surface area contributed by atoms with Crippen LogP contribution in [0.25, 0.3) is 0 Å². The lowest BCUT2D eigenvalue weighted by molar-refractivity contribution is -0.126. The van der Waals surface area contributed by atoms with Crippen LogP contribution in [-0.2, 0) is 11.3 Å². The van der Waals surface area contributed by atoms with Crippen LogP contribution in [0.1, 0.15) is 42.7 Å². The Morgan fingerprint density at radius 1 is 1.42 bits per heavy atom. The van der Waals surface area contributed by atoms with Gasteiger partial charge in [-0.1, -0.05) is 13.8 Å². The van der Waals surface area contributed by atoms with Crippen molar-refractivity contribution in [2.24, 2.45) is 5.73 Å². The monoisotopic (exact) mass is 265 g/mol. The third kappa shape index (κ3) is 3.75. The van der Waals surface area contributed by atoms with Gasteiger partial charge in [0, 0.05) is 6.20 Å². The predicted octanol–water partition coefficient (Wildman–Crippen LogP) is 0.913. The van der Waals surface area contributed by atoms with Crippen molar-refractivity contribution in [1.29, 1.82) is 0 Å². The number of amides is 1. The van der Waals surface area contributed by atoms with E-state index in [4.69, 9.17) is 10.8 Å². The molecule has 0 bridgehead atoms. The molecule has 0 saturated carbocycles. The van der Waals surface area contributed by atoms with Crippen LogP contribution in [0.2, 0.25) is 0 Å². The first-order chi connectivity index (χ1) is 8.92. The van der Waals surface area contributed by atoms with Crippen LogP contribution in [0.4, 0.5) is 0 Å². The van der Waals surface area contributed by atoms with E-state index in [9.17, 15) is 9.59 Å². The smallest absolute Gasteiger partial charge is 0.335 e. The number of aromatic carboxylic acids is 1. The Kier molecular flexibility index (Phi) is 5.00. The van der Waals surface area contributed by atoms with Crippen molar-refractivity contribution in [3.8, 4) is 0 Å². The third-order valence-electron chi connectivity index (χ3n) is 3.21. The van der Waals surface area contributed by atoms with E-state index in [0.717, 1.165) is 0 Å². The molecular weight excluding hydrogens is 246 g/mol. The number of nitrogens with one attached hydrogen (secondary N) is 1. The van der Waals surface area contributed by atoms with E-state index in [1.54, 1.807) is 0 Å². The minimum Gasteiger partial charge on any atom is -0.478 e. The van der Waals surface area contributed by atoms with E-state index in [1.165, 1.54) is 18.3 Å². The van der Waals surface area contributed by atoms with Crippen LogP contribution in [0.5, 0.6) is 0 Å². The van der Waals surface area contributed by atoms with E-state index in [2.05, 4.69) is 10.3 Å². The van der Waals surface area contributed by atoms with Crippen molar-refractivity contribution >= 4 is 11.9 Å². The highest BCUT2D eigenvalue weighted by Gasteiger charge is 2.29. The fourth-order valence-corrected chi connectivity index (χ4v) is 1.63. The van der Waals surface area contributed by atoms with Gasteiger partial charge in [-0.15, -0.1) is 0 Å². The fraction of sp³-hybridized carbons (Fsp3) is 0.462. The van der Waals surface area contributed by atoms with Gasteiger partial charge in [0.1, 0.15) is 0 Å². The molecule has 104 valence electrons. The normalized spacial score (nSPS) is 11.1. The third-order valence-corrected chi connectivity index (χ3v) is 3.21. The van der Waals surface area contributed by atoms with Crippen LogP contribution in [0, 0.1) is 0 Å². The van der Waals surface area contributed by atoms with Gasteiger partial charge in [-0.2, -0.15) is 0 Å². The summed E-state index contributed by atoms with van der Waals surface area (Å²) in [5, 5.41) is 11.5. The van der Waals surface area contributed by atoms with Gasteiger partial charge in [0.05, 0.1) is 23.3 Å². The average Bonchev–Trinajstić information content (AvgIpc) is 2.44. The van der Waals surface area contributed by atoms with Gasteiger partial charge in [0.2, 0.25) is 5.91 Å². The van der Waals surface area contributed by atoms with Crippen LogP contribution < -0.4 is 11.1 Å². The van der Waals surface area contributed by atoms with Crippen molar-refractivity contribution in [2.75, 3.05) is 0 Å². The Morgan fingerprint density at radius 2 is 2.05 bits per heavy atom. The Labute approximate surface area is 112 Å². The van der Waals surface area contributed by atoms with Gasteiger partial charge in [0.25, 0.3) is 0 Å². The lowest BCUT2D eigenvalue weighted by atomic mass is 9.93. The number of rotatable bonds is 6. The molecule has 1 aromatic heterocycles. The lowest BCUT2D eigenvalue weighted by Gasteiger charge is -2.25. The van der Waals surface area contributed by atoms with E-state index >= 15 is 0 Å². The zero-order valence-corrected chi connectivity index (χ0v) is 11.1. The minimum atomic E-state index is -1.02. The van der Waals surface area contributed by atoms with Crippen molar-refractivity contribution in [2.45, 2.75) is 38.8 Å². The fourth-order valence-electron chi connectivity index (χ4n) is 1.63. The largest absolute Gasteiger partial charge is 0.478 e. The van der Waals surface area contributed by atoms with E-state index in [0.29, 0.717) is 18.5 Å². The summed E-state index contributed by atoms with van der Waals surface area (Å²) in [6.45, 7) is 3.87. The number of carbonyl (C=O) groups is 2. The first-order valence-corrected chi connectivity index (χ1v) is 6.18. The molecule has 0 fully saturated rings. The number of carboxylic acids is 1. The van der Waals surface area contributed by atoms with Gasteiger partial charge in [0.15, 0.2) is 0 Å². The Bertz CT molecular complexity index is 470. The molecule has 0 aromatic carbocycles. The maximum atomic E-state index is 11.9. The van der Waals surface area contributed by atoms with Gasteiger partial charge in [-0.05, 0) is 25.0 Å². The highest BCUT2D eigenvalue weighted by atomic mass is 16.4. The quantitative estimate of drug-likeness (QED) is 0.709. The molecule has 0 atom stereocenters. The topological polar surface area (TPSA) is 105 Å². The molecule has 1 heterocycles. The molecule has 0 aliphatic rings. The summed E-state index contributed by atoms with van der Waals surface area (Å²) >= 11 is 0. The molecule has 1 aromatic rings. The summed E-state index contributed by atoms with van der Waals surface area (Å²) in [7, 11) is 0. The van der Waals surface area contributed by atoms with E-state index in [-0.39, 0.29) is 18.0 Å². The van der Waals surface area contributed by atoms with Crippen LogP contribution >= 0.6 is 0 Å². The number of nitrogens with two attached hydrogens (primary N) is 1. The predicted molar refractivity (Wildman–Crippen MR) is 70.5 cm³/mol. The van der Waals surface area contributed by atoms with Crippen LogP contribution in [-0.4, -0.2) is 27.5 Å². The first-order valence-electron chi connectivity index (χ1n) is 6.18. The minimum absolute atomic E-state index is 0.143. The summed E-state index contributed by atoms with van der Waals surface area (Å²) < 4.78 is 0. The molecule has 0 spiro atoms. The first kappa shape index (κ1) is 15.1. The maximum Gasteiger partial charge on any atom is 0.335 e. The molecule has 1 rings (SSSR count). The van der Waals surface area contributed by atoms with Gasteiger partial charge in [-0.25, -0.2) is 4.79 Å². The summed E-state index contributed by atoms with van der Waals surface area (Å²) in [4.78, 5) is 26.8. The highest BCUT2D eigenvalue weighted by Crippen LogP contribution is 2.11. The summed E-state index contributed by atoms with van der Waals surface area (Å²) in [5.41, 5.74) is 5.70. The zero-order valence-electron chi connectivity index (χ0n) is 11.1. The number of carboxylic acid groups (broad SMARTS) is 1. The Morgan fingerprint density at radius 3 is 2.58 bits per heavy atom. The Balaban J connectivity index is 2.69. The summed E-state index contributed by atoms with van der Waals surface area (Å²) in [6.07, 6.45) is 2.48. The number of aromatic nitrogens is 1. The number of hydrogen-bond acceptors (Lipinski definition) is 4. The Hall–Kier alpha value is -1.95. The van der Waals surface area contributed by atoms with Crippen molar-refractivity contribution in [3.05, 3.63) is 29.6 Å². The van der Waals surface area contributed by atoms with Gasteiger partial charge < -0.3 is 16.2 Å². The molecule has 4 N–H and O–H groups in total. The van der Waals surface area contributed by atoms with Gasteiger partial charge >= 0.3 is 5.97 Å². The van der Waals surface area contributed by atoms with E-state index in [1.807, 2.05) is 13.8 Å². The van der Waals surface area contributed by atoms with Gasteiger partial charge in [-0.3, -0.25) is 9.78 Å². The number of pyridine rings is 1. The molecule has 1 amide bonds. The number of nitrogens with zero attached hydrogens (tertiary/aromatic N) is 1. The molecule has 6 nitrogen and oxygen atoms in total. The van der Waals surface area contributed by atoms with Crippen LogP contribution in [0.15, 0.2) is 18.3 Å². The summed E-state index contributed by atoms with van der Waals surface area (Å²) in [5.74, 6) is -1.27. The highest BCUT2D eigenvalue weighted by molar-refractivity contribution is 5.88. The molecule has 6 heteroatoms. The van der Waals surface area contributed by atoms with Crippen molar-refractivity contribution in [1.82, 2.24) is 10.3 Å². The standard InChI is InChI=1S/C13H19N3O3/c1-3-13(14,4-2)12(19)16-8-10-7-9(11(17)18)5-6-15-10/h5-7H,3-4,8,14H2,1-2H3,(H,16,19)(H,17,18). The summed E-state index contributed by atoms with van der Waals surface area (Å²) in [6, 6.07) is 2.83. The zero-order chi connectivity index (χ0) is 14.5. The van der Waals surface area contributed by atoms with Crippen molar-refractivity contribution in [3.63, 3.8) is 0 Å². The average molecular weight is 265 g/mol. The number of hydrogen-bond donors (Lipinski definition) is 3. The van der Waals surface area contributed by atoms with Crippen LogP contribution in [0.3, 0.4) is 0 Å². The second-order valence-electron chi connectivity index (χ2n) is 4.39. The molecule has 0 saturated heterocycles.